The molecule has 1 unspecified atom stereocenters. The van der Waals surface area contributed by atoms with Crippen molar-refractivity contribution in [2.24, 2.45) is 5.92 Å². The van der Waals surface area contributed by atoms with Crippen LogP contribution in [0.3, 0.4) is 0 Å². The van der Waals surface area contributed by atoms with Gasteiger partial charge in [-0.3, -0.25) is 4.79 Å². The van der Waals surface area contributed by atoms with Crippen molar-refractivity contribution in [3.8, 4) is 0 Å². The molecule has 0 fully saturated rings. The van der Waals surface area contributed by atoms with Crippen molar-refractivity contribution in [3.05, 3.63) is 23.8 Å². The SMILES string of the molecule is CCC(C)Cn1c(SCC(=O)O)nc2cc(C)ccc21. The topological polar surface area (TPSA) is 55.1 Å². The first-order valence-electron chi connectivity index (χ1n) is 6.82. The summed E-state index contributed by atoms with van der Waals surface area (Å²) in [7, 11) is 0. The number of carboxylic acid groups (broad SMARTS) is 1. The van der Waals surface area contributed by atoms with Crippen molar-refractivity contribution < 1.29 is 9.90 Å². The van der Waals surface area contributed by atoms with Crippen molar-refractivity contribution >= 4 is 28.8 Å². The third kappa shape index (κ3) is 3.33. The van der Waals surface area contributed by atoms with E-state index in [4.69, 9.17) is 5.11 Å². The number of carboxylic acids is 1. The molecule has 1 heterocycles. The molecule has 0 aliphatic rings. The number of aliphatic carboxylic acids is 1. The van der Waals surface area contributed by atoms with E-state index >= 15 is 0 Å². The minimum absolute atomic E-state index is 0.0445. The average molecular weight is 292 g/mol. The summed E-state index contributed by atoms with van der Waals surface area (Å²) in [5.41, 5.74) is 3.20. The molecule has 1 N–H and O–H groups in total. The molecule has 0 saturated heterocycles. The zero-order valence-electron chi connectivity index (χ0n) is 12.1. The number of aromatic nitrogens is 2. The van der Waals surface area contributed by atoms with Gasteiger partial charge >= 0.3 is 5.97 Å². The van der Waals surface area contributed by atoms with Crippen LogP contribution in [0.2, 0.25) is 0 Å². The fourth-order valence-electron chi connectivity index (χ4n) is 2.07. The van der Waals surface area contributed by atoms with Gasteiger partial charge in [0.25, 0.3) is 0 Å². The molecule has 2 aromatic rings. The van der Waals surface area contributed by atoms with Crippen LogP contribution in [0, 0.1) is 12.8 Å². The molecule has 0 radical (unpaired) electrons. The smallest absolute Gasteiger partial charge is 0.313 e. The molecule has 5 heteroatoms. The van der Waals surface area contributed by atoms with Crippen LogP contribution >= 0.6 is 11.8 Å². The van der Waals surface area contributed by atoms with E-state index in [0.717, 1.165) is 29.2 Å². The fourth-order valence-corrected chi connectivity index (χ4v) is 2.82. The highest BCUT2D eigenvalue weighted by atomic mass is 32.2. The number of thioether (sulfide) groups is 1. The van der Waals surface area contributed by atoms with E-state index in [-0.39, 0.29) is 5.75 Å². The van der Waals surface area contributed by atoms with Gasteiger partial charge in [0.05, 0.1) is 16.8 Å². The molecule has 1 aromatic carbocycles. The van der Waals surface area contributed by atoms with Crippen molar-refractivity contribution in [2.75, 3.05) is 5.75 Å². The third-order valence-electron chi connectivity index (χ3n) is 3.38. The summed E-state index contributed by atoms with van der Waals surface area (Å²) in [6.45, 7) is 7.28. The predicted molar refractivity (Wildman–Crippen MR) is 82.3 cm³/mol. The van der Waals surface area contributed by atoms with Crippen molar-refractivity contribution in [2.45, 2.75) is 38.9 Å². The van der Waals surface area contributed by atoms with E-state index in [2.05, 4.69) is 35.5 Å². The number of imidazole rings is 1. The largest absolute Gasteiger partial charge is 0.481 e. The monoisotopic (exact) mass is 292 g/mol. The molecule has 0 bridgehead atoms. The highest BCUT2D eigenvalue weighted by Gasteiger charge is 2.14. The molecule has 1 atom stereocenters. The van der Waals surface area contributed by atoms with Crippen LogP contribution in [0.4, 0.5) is 0 Å². The highest BCUT2D eigenvalue weighted by molar-refractivity contribution is 7.99. The van der Waals surface area contributed by atoms with Crippen LogP contribution < -0.4 is 0 Å². The number of fused-ring (bicyclic) bond motifs is 1. The van der Waals surface area contributed by atoms with E-state index in [1.807, 2.05) is 13.0 Å². The number of aryl methyl sites for hydroxylation is 1. The van der Waals surface area contributed by atoms with Gasteiger partial charge in [0, 0.05) is 6.54 Å². The second-order valence-corrected chi connectivity index (χ2v) is 6.14. The van der Waals surface area contributed by atoms with Gasteiger partial charge < -0.3 is 9.67 Å². The first-order chi connectivity index (χ1) is 9.51. The molecule has 0 spiro atoms. The van der Waals surface area contributed by atoms with Gasteiger partial charge in [-0.25, -0.2) is 4.98 Å². The molecular formula is C15H20N2O2S. The number of nitrogens with zero attached hydrogens (tertiary/aromatic N) is 2. The number of hydrogen-bond donors (Lipinski definition) is 1. The van der Waals surface area contributed by atoms with E-state index in [1.165, 1.54) is 17.3 Å². The van der Waals surface area contributed by atoms with E-state index < -0.39 is 5.97 Å². The first kappa shape index (κ1) is 14.9. The maximum atomic E-state index is 10.8. The second-order valence-electron chi connectivity index (χ2n) is 5.19. The Labute approximate surface area is 123 Å². The Morgan fingerprint density at radius 2 is 2.25 bits per heavy atom. The second kappa shape index (κ2) is 6.31. The molecule has 2 rings (SSSR count). The molecular weight excluding hydrogens is 272 g/mol. The minimum atomic E-state index is -0.812. The Morgan fingerprint density at radius 3 is 2.90 bits per heavy atom. The van der Waals surface area contributed by atoms with Gasteiger partial charge in [0.1, 0.15) is 0 Å². The van der Waals surface area contributed by atoms with E-state index in [1.54, 1.807) is 0 Å². The van der Waals surface area contributed by atoms with Gasteiger partial charge in [0.2, 0.25) is 0 Å². The quantitative estimate of drug-likeness (QED) is 0.827. The van der Waals surface area contributed by atoms with Crippen LogP contribution in [0.25, 0.3) is 11.0 Å². The fraction of sp³-hybridized carbons (Fsp3) is 0.467. The summed E-state index contributed by atoms with van der Waals surface area (Å²) < 4.78 is 2.15. The summed E-state index contributed by atoms with van der Waals surface area (Å²) in [4.78, 5) is 15.4. The number of carbonyl (C=O) groups is 1. The highest BCUT2D eigenvalue weighted by Crippen LogP contribution is 2.26. The van der Waals surface area contributed by atoms with E-state index in [0.29, 0.717) is 5.92 Å². The third-order valence-corrected chi connectivity index (χ3v) is 4.35. The van der Waals surface area contributed by atoms with Crippen molar-refractivity contribution in [1.82, 2.24) is 9.55 Å². The van der Waals surface area contributed by atoms with Gasteiger partial charge in [-0.1, -0.05) is 38.1 Å². The predicted octanol–water partition coefficient (Wildman–Crippen LogP) is 3.57. The van der Waals surface area contributed by atoms with Crippen LogP contribution in [-0.2, 0) is 11.3 Å². The van der Waals surface area contributed by atoms with Crippen molar-refractivity contribution in [3.63, 3.8) is 0 Å². The standard InChI is InChI=1S/C15H20N2O2S/c1-4-10(2)8-17-13-6-5-11(3)7-12(13)16-15(17)20-9-14(18)19/h5-7,10H,4,8-9H2,1-3H3,(H,18,19). The lowest BCUT2D eigenvalue weighted by atomic mass is 10.1. The lowest BCUT2D eigenvalue weighted by Gasteiger charge is -2.13. The summed E-state index contributed by atoms with van der Waals surface area (Å²) >= 11 is 1.29. The number of hydrogen-bond acceptors (Lipinski definition) is 3. The Kier molecular flexibility index (Phi) is 4.70. The lowest BCUT2D eigenvalue weighted by molar-refractivity contribution is -0.133. The molecule has 4 nitrogen and oxygen atoms in total. The molecule has 0 aliphatic heterocycles. The number of rotatable bonds is 6. The van der Waals surface area contributed by atoms with Gasteiger partial charge in [-0.15, -0.1) is 0 Å². The lowest BCUT2D eigenvalue weighted by Crippen LogP contribution is -2.09. The van der Waals surface area contributed by atoms with Crippen LogP contribution in [0.5, 0.6) is 0 Å². The van der Waals surface area contributed by atoms with Gasteiger partial charge in [0.15, 0.2) is 5.16 Å². The van der Waals surface area contributed by atoms with Crippen molar-refractivity contribution in [1.29, 1.82) is 0 Å². The zero-order chi connectivity index (χ0) is 14.7. The van der Waals surface area contributed by atoms with Crippen LogP contribution in [0.15, 0.2) is 23.4 Å². The molecule has 108 valence electrons. The Balaban J connectivity index is 2.41. The molecule has 0 aliphatic carbocycles. The summed E-state index contributed by atoms with van der Waals surface area (Å²) in [6.07, 6.45) is 1.09. The Morgan fingerprint density at radius 1 is 1.50 bits per heavy atom. The molecule has 20 heavy (non-hydrogen) atoms. The van der Waals surface area contributed by atoms with Gasteiger partial charge in [-0.2, -0.15) is 0 Å². The Bertz CT molecular complexity index is 622. The molecule has 0 amide bonds. The summed E-state index contributed by atoms with van der Waals surface area (Å²) in [5.74, 6) is -0.228. The average Bonchev–Trinajstić information content (AvgIpc) is 2.73. The van der Waals surface area contributed by atoms with Crippen LogP contribution in [0.1, 0.15) is 25.8 Å². The van der Waals surface area contributed by atoms with Gasteiger partial charge in [-0.05, 0) is 30.5 Å². The maximum absolute atomic E-state index is 10.8. The van der Waals surface area contributed by atoms with E-state index in [9.17, 15) is 4.79 Å². The first-order valence-corrected chi connectivity index (χ1v) is 7.81. The molecule has 0 saturated carbocycles. The molecule has 1 aromatic heterocycles. The Hall–Kier alpha value is -1.49. The van der Waals surface area contributed by atoms with Crippen LogP contribution in [-0.4, -0.2) is 26.4 Å². The normalized spacial score (nSPS) is 12.8. The summed E-state index contributed by atoms with van der Waals surface area (Å²) in [6, 6.07) is 6.20. The summed E-state index contributed by atoms with van der Waals surface area (Å²) in [5, 5.41) is 9.65. The minimum Gasteiger partial charge on any atom is -0.481 e. The zero-order valence-corrected chi connectivity index (χ0v) is 12.9. The maximum Gasteiger partial charge on any atom is 0.313 e. The number of benzene rings is 1.